The van der Waals surface area contributed by atoms with E-state index < -0.39 is 59.8 Å². The molecule has 0 radical (unpaired) electrons. The van der Waals surface area contributed by atoms with Crippen molar-refractivity contribution in [2.75, 3.05) is 26.4 Å². The van der Waals surface area contributed by atoms with Gasteiger partial charge in [-0.1, -0.05) is 203 Å². The Bertz CT molecular complexity index is 1450. The molecule has 1 rings (SSSR count). The predicted octanol–water partition coefficient (Wildman–Crippen LogP) is 13.6. The van der Waals surface area contributed by atoms with Crippen LogP contribution in [0.2, 0.25) is 0 Å². The molecule has 6 unspecified atom stereocenters. The number of carbonyl (C=O) groups is 1. The maximum atomic E-state index is 13.0. The number of carbonyl (C=O) groups excluding carboxylic acids is 1. The van der Waals surface area contributed by atoms with Crippen LogP contribution in [0.4, 0.5) is 0 Å². The minimum absolute atomic E-state index is 0.0271. The summed E-state index contributed by atoms with van der Waals surface area (Å²) < 4.78 is 59.4. The number of aliphatic hydroxyl groups is 3. The molecule has 1 saturated heterocycles. The highest BCUT2D eigenvalue weighted by molar-refractivity contribution is 7.80. The van der Waals surface area contributed by atoms with Crippen LogP contribution in [0.25, 0.3) is 0 Å². The van der Waals surface area contributed by atoms with Crippen LogP contribution in [0.5, 0.6) is 0 Å². The Kier molecular flexibility index (Phi) is 44.9. The molecule has 0 aromatic carbocycles. The number of rotatable bonds is 49. The lowest BCUT2D eigenvalue weighted by molar-refractivity contribution is -0.301. The summed E-state index contributed by atoms with van der Waals surface area (Å²) in [7, 11) is -5.07. The van der Waals surface area contributed by atoms with Crippen molar-refractivity contribution >= 4 is 16.4 Å². The zero-order chi connectivity index (χ0) is 51.0. The monoisotopic (exact) mass is 1010 g/mol. The Morgan fingerprint density at radius 1 is 0.543 bits per heavy atom. The molecule has 0 bridgehead atoms. The van der Waals surface area contributed by atoms with Crippen molar-refractivity contribution in [1.29, 1.82) is 0 Å². The Balaban J connectivity index is 2.33. The normalized spacial score (nSPS) is 19.5. The fraction of sp³-hybridized carbons (Fsp3) is 0.807. The van der Waals surface area contributed by atoms with Crippen LogP contribution in [0.15, 0.2) is 60.8 Å². The Morgan fingerprint density at radius 3 is 1.40 bits per heavy atom. The van der Waals surface area contributed by atoms with E-state index in [1.165, 1.54) is 141 Å². The second-order valence-electron chi connectivity index (χ2n) is 19.2. The molecule has 70 heavy (non-hydrogen) atoms. The van der Waals surface area contributed by atoms with E-state index in [1.54, 1.807) is 0 Å². The quantitative estimate of drug-likeness (QED) is 0.0196. The average molecular weight is 1010 g/mol. The van der Waals surface area contributed by atoms with Crippen molar-refractivity contribution in [2.24, 2.45) is 0 Å². The predicted molar refractivity (Wildman–Crippen MR) is 285 cm³/mol. The Hall–Kier alpha value is -2.20. The lowest BCUT2D eigenvalue weighted by Gasteiger charge is -2.41. The van der Waals surface area contributed by atoms with Crippen LogP contribution < -0.4 is 0 Å². The molecule has 0 amide bonds. The molecular formula is C57H102O12S. The summed E-state index contributed by atoms with van der Waals surface area (Å²) >= 11 is 0. The summed E-state index contributed by atoms with van der Waals surface area (Å²) in [6, 6.07) is 0. The van der Waals surface area contributed by atoms with Gasteiger partial charge in [-0.3, -0.25) is 9.35 Å². The number of ether oxygens (including phenoxy) is 4. The summed E-state index contributed by atoms with van der Waals surface area (Å²) in [5.41, 5.74) is 0. The Morgan fingerprint density at radius 2 is 0.943 bits per heavy atom. The highest BCUT2D eigenvalue weighted by Gasteiger charge is 2.48. The summed E-state index contributed by atoms with van der Waals surface area (Å²) in [5.74, 6) is -0.404. The van der Waals surface area contributed by atoms with Crippen LogP contribution in [0.1, 0.15) is 232 Å². The van der Waals surface area contributed by atoms with Crippen molar-refractivity contribution in [1.82, 2.24) is 0 Å². The number of aliphatic hydroxyl groups excluding tert-OH is 3. The van der Waals surface area contributed by atoms with Crippen molar-refractivity contribution < 1.29 is 56.2 Å². The van der Waals surface area contributed by atoms with Crippen molar-refractivity contribution in [3.05, 3.63) is 60.8 Å². The summed E-state index contributed by atoms with van der Waals surface area (Å²) in [6.07, 6.45) is 52.5. The topological polar surface area (TPSA) is 178 Å². The van der Waals surface area contributed by atoms with Gasteiger partial charge in [-0.15, -0.1) is 0 Å². The molecule has 13 heteroatoms. The third kappa shape index (κ3) is 40.3. The maximum absolute atomic E-state index is 13.0. The van der Waals surface area contributed by atoms with Gasteiger partial charge in [-0.25, -0.2) is 4.18 Å². The van der Waals surface area contributed by atoms with Crippen LogP contribution in [-0.2, 0) is 38.3 Å². The van der Waals surface area contributed by atoms with E-state index in [0.29, 0.717) is 13.0 Å². The van der Waals surface area contributed by atoms with Gasteiger partial charge >= 0.3 is 16.4 Å². The zero-order valence-electron chi connectivity index (χ0n) is 44.1. The zero-order valence-corrected chi connectivity index (χ0v) is 44.9. The van der Waals surface area contributed by atoms with Crippen molar-refractivity contribution in [2.45, 2.75) is 269 Å². The molecule has 4 N–H and O–H groups in total. The summed E-state index contributed by atoms with van der Waals surface area (Å²) in [6.45, 7) is 3.95. The van der Waals surface area contributed by atoms with E-state index in [0.717, 1.165) is 64.2 Å². The van der Waals surface area contributed by atoms with Gasteiger partial charge in [0.25, 0.3) is 0 Å². The molecular weight excluding hydrogens is 909 g/mol. The van der Waals surface area contributed by atoms with Gasteiger partial charge in [-0.2, -0.15) is 8.42 Å². The van der Waals surface area contributed by atoms with Gasteiger partial charge in [-0.05, 0) is 83.5 Å². The molecule has 0 aliphatic carbocycles. The number of unbranched alkanes of at least 4 members (excludes halogenated alkanes) is 26. The first-order valence-corrected chi connectivity index (χ1v) is 29.4. The molecule has 6 atom stereocenters. The lowest BCUT2D eigenvalue weighted by Crippen LogP contribution is -2.60. The third-order valence-corrected chi connectivity index (χ3v) is 13.1. The summed E-state index contributed by atoms with van der Waals surface area (Å²) in [5, 5.41) is 30.8. The van der Waals surface area contributed by atoms with Gasteiger partial charge < -0.3 is 34.3 Å². The number of hydrogen-bond donors (Lipinski definition) is 4. The van der Waals surface area contributed by atoms with Crippen molar-refractivity contribution in [3.8, 4) is 0 Å². The van der Waals surface area contributed by atoms with E-state index >= 15 is 0 Å². The van der Waals surface area contributed by atoms with Gasteiger partial charge in [0.05, 0.1) is 19.8 Å². The van der Waals surface area contributed by atoms with Crippen LogP contribution in [0, 0.1) is 0 Å². The molecule has 0 aromatic rings. The molecule has 1 aliphatic heterocycles. The maximum Gasteiger partial charge on any atom is 0.397 e. The van der Waals surface area contributed by atoms with Crippen LogP contribution in [-0.4, -0.2) is 97.5 Å². The van der Waals surface area contributed by atoms with E-state index in [-0.39, 0.29) is 19.6 Å². The minimum atomic E-state index is -5.07. The minimum Gasteiger partial charge on any atom is -0.457 e. The molecule has 1 aliphatic rings. The number of hydrogen-bond acceptors (Lipinski definition) is 11. The second kappa shape index (κ2) is 47.8. The van der Waals surface area contributed by atoms with Gasteiger partial charge in [0.1, 0.15) is 30.5 Å². The van der Waals surface area contributed by atoms with Gasteiger partial charge in [0, 0.05) is 13.0 Å². The fourth-order valence-corrected chi connectivity index (χ4v) is 8.87. The highest BCUT2D eigenvalue weighted by atomic mass is 32.3. The molecule has 0 aromatic heterocycles. The number of allylic oxidation sites excluding steroid dienone is 10. The molecule has 12 nitrogen and oxygen atoms in total. The molecule has 0 spiro atoms. The Labute approximate surface area is 427 Å². The molecule has 408 valence electrons. The first-order valence-electron chi connectivity index (χ1n) is 28.0. The van der Waals surface area contributed by atoms with Crippen molar-refractivity contribution in [3.63, 3.8) is 0 Å². The van der Waals surface area contributed by atoms with Crippen LogP contribution in [0.3, 0.4) is 0 Å². The van der Waals surface area contributed by atoms with E-state index in [4.69, 9.17) is 18.9 Å². The summed E-state index contributed by atoms with van der Waals surface area (Å²) in [4.78, 5) is 13.0. The van der Waals surface area contributed by atoms with E-state index in [2.05, 4.69) is 78.8 Å². The van der Waals surface area contributed by atoms with E-state index in [1.807, 2.05) is 0 Å². The molecule has 0 saturated carbocycles. The smallest absolute Gasteiger partial charge is 0.397 e. The van der Waals surface area contributed by atoms with Gasteiger partial charge in [0.2, 0.25) is 0 Å². The molecule has 1 fully saturated rings. The SMILES string of the molecule is CCCCC/C=C\C/C=C\C/C=C\CCCCCCCCCOCC(COC1OC(CO)C(O)C(OS(=O)(=O)O)C1O)OC(=O)CCCCCCCCCCCCC/C=C\C/C=C\CCCCCCC. The standard InChI is InChI=1S/C57H102O12S/c1-3-5-7-9-11-13-15-17-19-21-23-25-26-27-28-30-32-34-36-38-40-42-44-46-53(59)67-51(50-66-57-55(61)56(69-70(62,63)64)54(60)52(48-58)68-57)49-65-47-45-43-41-39-37-35-33-31-29-24-22-20-18-16-14-12-10-8-6-4-2/h12,14-15,17-18,20-21,23-24,29,51-52,54-58,60-61H,3-11,13,16,19,22,25-28,30-50H2,1-2H3,(H,62,63,64)/b14-12-,17-15-,20-18-,23-21-,29-24-. The van der Waals surface area contributed by atoms with E-state index in [9.17, 15) is 33.1 Å². The average Bonchev–Trinajstić information content (AvgIpc) is 3.34. The second-order valence-corrected chi connectivity index (χ2v) is 20.2. The van der Waals surface area contributed by atoms with Crippen LogP contribution >= 0.6 is 0 Å². The third-order valence-electron chi connectivity index (χ3n) is 12.6. The highest BCUT2D eigenvalue weighted by Crippen LogP contribution is 2.26. The largest absolute Gasteiger partial charge is 0.457 e. The first kappa shape index (κ1) is 65.8. The molecule has 1 heterocycles. The fourth-order valence-electron chi connectivity index (χ4n) is 8.36. The van der Waals surface area contributed by atoms with Gasteiger partial charge in [0.15, 0.2) is 6.29 Å². The lowest BCUT2D eigenvalue weighted by atomic mass is 9.99. The number of esters is 1. The first-order chi connectivity index (χ1) is 34.1.